The van der Waals surface area contributed by atoms with Crippen LogP contribution in [0.15, 0.2) is 12.1 Å². The molecule has 5 nitrogen and oxygen atoms in total. The standard InChI is InChI=1S/C20H23N3O2S/c1-11-12(2)26-20-18(11)19(21-13(3)22-20)23-7-6-14-8-16(24-4)17(25-5)9-15(14)10-23/h8-9H,6-7,10H2,1-5H3. The van der Waals surface area contributed by atoms with Crippen molar-refractivity contribution in [2.45, 2.75) is 33.7 Å². The first-order valence-corrected chi connectivity index (χ1v) is 9.56. The summed E-state index contributed by atoms with van der Waals surface area (Å²) in [5, 5.41) is 1.20. The summed E-state index contributed by atoms with van der Waals surface area (Å²) in [7, 11) is 3.36. The highest BCUT2D eigenvalue weighted by Crippen LogP contribution is 2.38. The van der Waals surface area contributed by atoms with Gasteiger partial charge in [-0.3, -0.25) is 0 Å². The lowest BCUT2D eigenvalue weighted by molar-refractivity contribution is 0.353. The molecule has 26 heavy (non-hydrogen) atoms. The number of fused-ring (bicyclic) bond motifs is 2. The predicted molar refractivity (Wildman–Crippen MR) is 106 cm³/mol. The van der Waals surface area contributed by atoms with Gasteiger partial charge < -0.3 is 14.4 Å². The highest BCUT2D eigenvalue weighted by Gasteiger charge is 2.24. The van der Waals surface area contributed by atoms with Gasteiger partial charge in [0.2, 0.25) is 0 Å². The van der Waals surface area contributed by atoms with Gasteiger partial charge in [-0.2, -0.15) is 0 Å². The highest BCUT2D eigenvalue weighted by atomic mass is 32.1. The van der Waals surface area contributed by atoms with E-state index in [1.807, 2.05) is 6.92 Å². The number of ether oxygens (including phenoxy) is 2. The number of benzene rings is 1. The van der Waals surface area contributed by atoms with Crippen molar-refractivity contribution in [2.75, 3.05) is 25.7 Å². The molecule has 0 saturated carbocycles. The third-order valence-corrected chi connectivity index (χ3v) is 6.24. The molecular weight excluding hydrogens is 346 g/mol. The Morgan fingerprint density at radius 3 is 2.38 bits per heavy atom. The second-order valence-corrected chi connectivity index (χ2v) is 7.91. The largest absolute Gasteiger partial charge is 0.493 e. The van der Waals surface area contributed by atoms with Crippen LogP contribution in [0.2, 0.25) is 0 Å². The molecule has 1 aliphatic rings. The molecule has 0 aliphatic carbocycles. The molecule has 3 heterocycles. The van der Waals surface area contributed by atoms with Crippen molar-refractivity contribution in [1.82, 2.24) is 9.97 Å². The van der Waals surface area contributed by atoms with Crippen molar-refractivity contribution in [3.8, 4) is 11.5 Å². The van der Waals surface area contributed by atoms with Crippen LogP contribution in [0.5, 0.6) is 11.5 Å². The Bertz CT molecular complexity index is 997. The van der Waals surface area contributed by atoms with Crippen molar-refractivity contribution >= 4 is 27.4 Å². The van der Waals surface area contributed by atoms with Gasteiger partial charge in [-0.25, -0.2) is 9.97 Å². The normalized spacial score (nSPS) is 13.8. The number of rotatable bonds is 3. The molecule has 4 rings (SSSR count). The van der Waals surface area contributed by atoms with E-state index in [1.165, 1.54) is 27.0 Å². The third-order valence-electron chi connectivity index (χ3n) is 5.14. The number of hydrogen-bond donors (Lipinski definition) is 0. The van der Waals surface area contributed by atoms with Crippen molar-refractivity contribution in [3.05, 3.63) is 39.5 Å². The van der Waals surface area contributed by atoms with Crippen LogP contribution in [0.3, 0.4) is 0 Å². The van der Waals surface area contributed by atoms with Crippen LogP contribution in [0, 0.1) is 20.8 Å². The molecule has 3 aromatic rings. The molecular formula is C20H23N3O2S. The quantitative estimate of drug-likeness (QED) is 0.693. The molecule has 0 spiro atoms. The lowest BCUT2D eigenvalue weighted by Gasteiger charge is -2.31. The molecule has 0 fully saturated rings. The second-order valence-electron chi connectivity index (χ2n) is 6.71. The minimum absolute atomic E-state index is 0.777. The number of hydrogen-bond acceptors (Lipinski definition) is 6. The lowest BCUT2D eigenvalue weighted by atomic mass is 9.98. The topological polar surface area (TPSA) is 47.5 Å². The summed E-state index contributed by atoms with van der Waals surface area (Å²) in [6.45, 7) is 8.04. The van der Waals surface area contributed by atoms with Gasteiger partial charge in [0, 0.05) is 18.0 Å². The Kier molecular flexibility index (Phi) is 4.23. The molecule has 0 N–H and O–H groups in total. The Labute approximate surface area is 157 Å². The van der Waals surface area contributed by atoms with E-state index >= 15 is 0 Å². The highest BCUT2D eigenvalue weighted by molar-refractivity contribution is 7.18. The summed E-state index contributed by atoms with van der Waals surface area (Å²) in [4.78, 5) is 14.2. The molecule has 0 amide bonds. The smallest absolute Gasteiger partial charge is 0.161 e. The number of aromatic nitrogens is 2. The van der Waals surface area contributed by atoms with E-state index in [0.29, 0.717) is 0 Å². The van der Waals surface area contributed by atoms with Gasteiger partial charge in [-0.1, -0.05) is 0 Å². The van der Waals surface area contributed by atoms with Gasteiger partial charge in [0.15, 0.2) is 11.5 Å². The number of anilines is 1. The average molecular weight is 369 g/mol. The minimum Gasteiger partial charge on any atom is -0.493 e. The molecule has 1 aliphatic heterocycles. The summed E-state index contributed by atoms with van der Waals surface area (Å²) < 4.78 is 10.9. The molecule has 0 saturated heterocycles. The van der Waals surface area contributed by atoms with Crippen LogP contribution >= 0.6 is 11.3 Å². The van der Waals surface area contributed by atoms with Gasteiger partial charge in [0.25, 0.3) is 0 Å². The molecule has 6 heteroatoms. The monoisotopic (exact) mass is 369 g/mol. The number of aryl methyl sites for hydroxylation is 3. The SMILES string of the molecule is COc1cc2c(cc1OC)CN(c1nc(C)nc3sc(C)c(C)c13)CC2. The zero-order chi connectivity index (χ0) is 18.4. The maximum absolute atomic E-state index is 5.49. The maximum atomic E-state index is 5.49. The van der Waals surface area contributed by atoms with E-state index in [1.54, 1.807) is 25.6 Å². The van der Waals surface area contributed by atoms with Crippen LogP contribution in [0.1, 0.15) is 27.4 Å². The summed E-state index contributed by atoms with van der Waals surface area (Å²) in [5.41, 5.74) is 3.88. The molecule has 136 valence electrons. The minimum atomic E-state index is 0.777. The van der Waals surface area contributed by atoms with E-state index in [9.17, 15) is 0 Å². The van der Waals surface area contributed by atoms with Gasteiger partial charge in [-0.05, 0) is 56.0 Å². The predicted octanol–water partition coefficient (Wildman–Crippen LogP) is 4.20. The Balaban J connectivity index is 1.79. The van der Waals surface area contributed by atoms with Crippen LogP contribution in [-0.2, 0) is 13.0 Å². The number of nitrogens with zero attached hydrogens (tertiary/aromatic N) is 3. The Hall–Kier alpha value is -2.34. The fraction of sp³-hybridized carbons (Fsp3) is 0.400. The van der Waals surface area contributed by atoms with E-state index in [0.717, 1.165) is 47.5 Å². The lowest BCUT2D eigenvalue weighted by Crippen LogP contribution is -2.31. The zero-order valence-corrected chi connectivity index (χ0v) is 16.7. The molecule has 0 radical (unpaired) electrons. The summed E-state index contributed by atoms with van der Waals surface area (Å²) in [6, 6.07) is 4.20. The van der Waals surface area contributed by atoms with E-state index in [2.05, 4.69) is 35.9 Å². The molecule has 2 aromatic heterocycles. The zero-order valence-electron chi connectivity index (χ0n) is 15.8. The van der Waals surface area contributed by atoms with Crippen molar-refractivity contribution in [1.29, 1.82) is 0 Å². The second kappa shape index (κ2) is 6.43. The van der Waals surface area contributed by atoms with E-state index in [4.69, 9.17) is 14.5 Å². The first-order valence-electron chi connectivity index (χ1n) is 8.75. The molecule has 0 atom stereocenters. The van der Waals surface area contributed by atoms with E-state index < -0.39 is 0 Å². The average Bonchev–Trinajstić information content (AvgIpc) is 2.93. The van der Waals surface area contributed by atoms with Gasteiger partial charge in [0.05, 0.1) is 19.6 Å². The third kappa shape index (κ3) is 2.69. The van der Waals surface area contributed by atoms with Gasteiger partial charge in [-0.15, -0.1) is 11.3 Å². The summed E-state index contributed by atoms with van der Waals surface area (Å²) in [5.74, 6) is 3.45. The van der Waals surface area contributed by atoms with Crippen LogP contribution in [0.4, 0.5) is 5.82 Å². The first-order chi connectivity index (χ1) is 12.5. The number of methoxy groups -OCH3 is 2. The van der Waals surface area contributed by atoms with Crippen molar-refractivity contribution in [2.24, 2.45) is 0 Å². The fourth-order valence-electron chi connectivity index (χ4n) is 3.63. The van der Waals surface area contributed by atoms with Gasteiger partial charge in [0.1, 0.15) is 16.5 Å². The van der Waals surface area contributed by atoms with Crippen molar-refractivity contribution < 1.29 is 9.47 Å². The first kappa shape index (κ1) is 17.1. The molecule has 0 bridgehead atoms. The summed E-state index contributed by atoms with van der Waals surface area (Å²) in [6.07, 6.45) is 0.961. The Morgan fingerprint density at radius 2 is 1.69 bits per heavy atom. The number of thiophene rings is 1. The maximum Gasteiger partial charge on any atom is 0.161 e. The summed E-state index contributed by atoms with van der Waals surface area (Å²) >= 11 is 1.75. The molecule has 1 aromatic carbocycles. The van der Waals surface area contributed by atoms with Crippen LogP contribution in [0.25, 0.3) is 10.2 Å². The van der Waals surface area contributed by atoms with E-state index in [-0.39, 0.29) is 0 Å². The van der Waals surface area contributed by atoms with Crippen LogP contribution in [-0.4, -0.2) is 30.7 Å². The van der Waals surface area contributed by atoms with Crippen molar-refractivity contribution in [3.63, 3.8) is 0 Å². The Morgan fingerprint density at radius 1 is 1.00 bits per heavy atom. The van der Waals surface area contributed by atoms with Gasteiger partial charge >= 0.3 is 0 Å². The molecule has 0 unspecified atom stereocenters. The fourth-order valence-corrected chi connectivity index (χ4v) is 4.69. The van der Waals surface area contributed by atoms with Crippen LogP contribution < -0.4 is 14.4 Å².